The van der Waals surface area contributed by atoms with Gasteiger partial charge in [0.2, 0.25) is 0 Å². The van der Waals surface area contributed by atoms with Crippen LogP contribution in [0.1, 0.15) is 64.9 Å². The van der Waals surface area contributed by atoms with Crippen molar-refractivity contribution in [2.45, 2.75) is 59.3 Å². The maximum absolute atomic E-state index is 13.2. The van der Waals surface area contributed by atoms with Crippen LogP contribution in [0.3, 0.4) is 0 Å². The Kier molecular flexibility index (Phi) is 6.42. The molecule has 0 saturated carbocycles. The van der Waals surface area contributed by atoms with Crippen LogP contribution in [0.4, 0.5) is 0 Å². The van der Waals surface area contributed by atoms with Crippen LogP contribution in [0.25, 0.3) is 0 Å². The summed E-state index contributed by atoms with van der Waals surface area (Å²) in [6.07, 6.45) is 3.04. The minimum atomic E-state index is -0.545. The number of aliphatic imine (C=N–C) groups is 1. The second-order valence-corrected chi connectivity index (χ2v) is 9.71. The number of Topliss-reactive ketones (excluding diaryl/α,β-unsaturated/α-hetero) is 1. The van der Waals surface area contributed by atoms with Gasteiger partial charge in [0.1, 0.15) is 5.92 Å². The fourth-order valence-electron chi connectivity index (χ4n) is 4.22. The molecule has 1 aromatic carbocycles. The molecule has 5 heteroatoms. The molecule has 1 heterocycles. The third kappa shape index (κ3) is 4.24. The number of hydrogen-bond acceptors (Lipinski definition) is 4. The molecule has 1 unspecified atom stereocenters. The molecule has 2 aliphatic rings. The van der Waals surface area contributed by atoms with Gasteiger partial charge in [-0.2, -0.15) is 0 Å². The van der Waals surface area contributed by atoms with E-state index in [1.165, 1.54) is 0 Å². The number of ether oxygens (including phenoxy) is 1. The van der Waals surface area contributed by atoms with E-state index in [-0.39, 0.29) is 23.1 Å². The van der Waals surface area contributed by atoms with E-state index in [4.69, 9.17) is 9.73 Å². The summed E-state index contributed by atoms with van der Waals surface area (Å²) in [6, 6.07) is 7.99. The minimum absolute atomic E-state index is 0.109. The molecule has 1 aliphatic carbocycles. The van der Waals surface area contributed by atoms with Gasteiger partial charge in [-0.3, -0.25) is 14.6 Å². The van der Waals surface area contributed by atoms with Gasteiger partial charge < -0.3 is 4.74 Å². The molecule has 0 radical (unpaired) electrons. The fourth-order valence-corrected chi connectivity index (χ4v) is 4.94. The average molecular weight is 493 g/mol. The summed E-state index contributed by atoms with van der Waals surface area (Å²) in [6.45, 7) is 8.57. The Bertz CT molecular complexity index is 853. The lowest BCUT2D eigenvalue weighted by Crippen LogP contribution is -2.39. The van der Waals surface area contributed by atoms with E-state index in [1.807, 2.05) is 31.2 Å². The second kappa shape index (κ2) is 8.47. The van der Waals surface area contributed by atoms with Crippen molar-refractivity contribution in [3.8, 4) is 0 Å². The van der Waals surface area contributed by atoms with Gasteiger partial charge in [0.15, 0.2) is 5.78 Å². The summed E-state index contributed by atoms with van der Waals surface area (Å²) in [5.41, 5.74) is 3.21. The second-order valence-electron chi connectivity index (χ2n) is 8.55. The first-order chi connectivity index (χ1) is 13.2. The van der Waals surface area contributed by atoms with Crippen LogP contribution in [0.2, 0.25) is 0 Å². The standard InChI is InChI=1S/C23H28INO3/c1-5-6-11-28-22(27)19-14(2)25-17-12-23(3,4)13-18(26)21(17)20(19)15-9-7-8-10-16(15)24/h7-10,19-20H,5-6,11-13H2,1-4H3/t19?,20-/m1/s1. The molecule has 0 saturated heterocycles. The quantitative estimate of drug-likeness (QED) is 0.311. The largest absolute Gasteiger partial charge is 0.465 e. The highest BCUT2D eigenvalue weighted by Crippen LogP contribution is 2.48. The molecular formula is C23H28INO3. The number of halogens is 1. The van der Waals surface area contributed by atoms with Crippen molar-refractivity contribution in [2.75, 3.05) is 6.61 Å². The zero-order valence-electron chi connectivity index (χ0n) is 17.0. The van der Waals surface area contributed by atoms with Gasteiger partial charge in [0.05, 0.1) is 6.61 Å². The molecule has 0 spiro atoms. The minimum Gasteiger partial charge on any atom is -0.465 e. The number of benzene rings is 1. The number of allylic oxidation sites excluding steroid dienone is 2. The van der Waals surface area contributed by atoms with Crippen LogP contribution >= 0.6 is 22.6 Å². The topological polar surface area (TPSA) is 55.7 Å². The van der Waals surface area contributed by atoms with Crippen LogP contribution in [-0.2, 0) is 14.3 Å². The van der Waals surface area contributed by atoms with Gasteiger partial charge in [-0.05, 0) is 59.4 Å². The maximum Gasteiger partial charge on any atom is 0.315 e. The Morgan fingerprint density at radius 1 is 1.29 bits per heavy atom. The summed E-state index contributed by atoms with van der Waals surface area (Å²) in [5, 5.41) is 0. The molecule has 150 valence electrons. The Hall–Kier alpha value is -1.50. The van der Waals surface area contributed by atoms with Crippen molar-refractivity contribution in [1.29, 1.82) is 0 Å². The Labute approximate surface area is 181 Å². The summed E-state index contributed by atoms with van der Waals surface area (Å²) in [5.74, 6) is -1.03. The molecule has 0 fully saturated rings. The molecule has 2 atom stereocenters. The maximum atomic E-state index is 13.2. The van der Waals surface area contributed by atoms with Crippen LogP contribution in [0.5, 0.6) is 0 Å². The zero-order valence-corrected chi connectivity index (χ0v) is 19.2. The average Bonchev–Trinajstić information content (AvgIpc) is 2.60. The van der Waals surface area contributed by atoms with Crippen LogP contribution < -0.4 is 0 Å². The normalized spacial score (nSPS) is 23.9. The van der Waals surface area contributed by atoms with Crippen molar-refractivity contribution >= 4 is 40.1 Å². The summed E-state index contributed by atoms with van der Waals surface area (Å²) < 4.78 is 6.64. The van der Waals surface area contributed by atoms with Crippen molar-refractivity contribution < 1.29 is 14.3 Å². The first kappa shape index (κ1) is 21.2. The molecule has 3 rings (SSSR count). The molecular weight excluding hydrogens is 465 g/mol. The van der Waals surface area contributed by atoms with E-state index in [2.05, 4.69) is 43.4 Å². The molecule has 0 aromatic heterocycles. The first-order valence-electron chi connectivity index (χ1n) is 9.97. The van der Waals surface area contributed by atoms with E-state index in [0.29, 0.717) is 18.6 Å². The van der Waals surface area contributed by atoms with Gasteiger partial charge in [0, 0.05) is 32.9 Å². The number of ketones is 1. The third-order valence-corrected chi connectivity index (χ3v) is 6.52. The molecule has 1 aromatic rings. The summed E-state index contributed by atoms with van der Waals surface area (Å²) in [4.78, 5) is 31.0. The molecule has 28 heavy (non-hydrogen) atoms. The molecule has 1 aliphatic heterocycles. The number of carbonyl (C=O) groups excluding carboxylic acids is 2. The highest BCUT2D eigenvalue weighted by molar-refractivity contribution is 14.1. The molecule has 0 N–H and O–H groups in total. The smallest absolute Gasteiger partial charge is 0.315 e. The zero-order chi connectivity index (χ0) is 20.5. The lowest BCUT2D eigenvalue weighted by Gasteiger charge is -2.39. The van der Waals surface area contributed by atoms with E-state index < -0.39 is 5.92 Å². The van der Waals surface area contributed by atoms with E-state index in [0.717, 1.165) is 39.8 Å². The van der Waals surface area contributed by atoms with Crippen molar-refractivity contribution in [2.24, 2.45) is 16.3 Å². The predicted octanol–water partition coefficient (Wildman–Crippen LogP) is 5.45. The number of nitrogens with zero attached hydrogens (tertiary/aromatic N) is 1. The predicted molar refractivity (Wildman–Crippen MR) is 119 cm³/mol. The highest BCUT2D eigenvalue weighted by Gasteiger charge is 2.46. The molecule has 4 nitrogen and oxygen atoms in total. The Balaban J connectivity index is 2.10. The highest BCUT2D eigenvalue weighted by atomic mass is 127. The van der Waals surface area contributed by atoms with Gasteiger partial charge in [-0.1, -0.05) is 45.4 Å². The van der Waals surface area contributed by atoms with Crippen LogP contribution in [-0.4, -0.2) is 24.1 Å². The van der Waals surface area contributed by atoms with Crippen molar-refractivity contribution in [3.05, 3.63) is 44.7 Å². The van der Waals surface area contributed by atoms with Gasteiger partial charge >= 0.3 is 5.97 Å². The number of hydrogen-bond donors (Lipinski definition) is 0. The van der Waals surface area contributed by atoms with Crippen LogP contribution in [0, 0.1) is 14.9 Å². The molecule has 0 bridgehead atoms. The Morgan fingerprint density at radius 3 is 2.68 bits per heavy atom. The van der Waals surface area contributed by atoms with E-state index in [1.54, 1.807) is 0 Å². The number of rotatable bonds is 5. The number of esters is 1. The van der Waals surface area contributed by atoms with Gasteiger partial charge in [-0.15, -0.1) is 0 Å². The SMILES string of the molecule is CCCCOC(=O)C1C(C)=NC2=C(C(=O)CC(C)(C)C2)[C@@H]1c1ccccc1I. The molecule has 0 amide bonds. The van der Waals surface area contributed by atoms with Crippen molar-refractivity contribution in [3.63, 3.8) is 0 Å². The van der Waals surface area contributed by atoms with Gasteiger partial charge in [-0.25, -0.2) is 0 Å². The van der Waals surface area contributed by atoms with E-state index >= 15 is 0 Å². The first-order valence-corrected chi connectivity index (χ1v) is 11.1. The van der Waals surface area contributed by atoms with Crippen molar-refractivity contribution in [1.82, 2.24) is 0 Å². The monoisotopic (exact) mass is 493 g/mol. The van der Waals surface area contributed by atoms with Crippen LogP contribution in [0.15, 0.2) is 40.5 Å². The van der Waals surface area contributed by atoms with Gasteiger partial charge in [0.25, 0.3) is 0 Å². The summed E-state index contributed by atoms with van der Waals surface area (Å²) >= 11 is 2.29. The number of carbonyl (C=O) groups is 2. The fraction of sp³-hybridized carbons (Fsp3) is 0.522. The summed E-state index contributed by atoms with van der Waals surface area (Å²) in [7, 11) is 0. The lowest BCUT2D eigenvalue weighted by molar-refractivity contribution is -0.146. The Morgan fingerprint density at radius 2 is 2.00 bits per heavy atom. The number of unbranched alkanes of at least 4 members (excludes halogenated alkanes) is 1. The third-order valence-electron chi connectivity index (χ3n) is 5.54. The lowest BCUT2D eigenvalue weighted by atomic mass is 9.67. The van der Waals surface area contributed by atoms with E-state index in [9.17, 15) is 9.59 Å².